The third-order valence-corrected chi connectivity index (χ3v) is 5.40. The summed E-state index contributed by atoms with van der Waals surface area (Å²) in [6, 6.07) is 7.59. The Hall–Kier alpha value is -3.80. The van der Waals surface area contributed by atoms with Gasteiger partial charge in [0.2, 0.25) is 0 Å². The number of rotatable bonds is 5. The molecule has 1 aliphatic carbocycles. The van der Waals surface area contributed by atoms with Gasteiger partial charge in [-0.15, -0.1) is 0 Å². The van der Waals surface area contributed by atoms with Gasteiger partial charge in [0, 0.05) is 35.2 Å². The summed E-state index contributed by atoms with van der Waals surface area (Å²) in [7, 11) is 1.32. The van der Waals surface area contributed by atoms with Crippen LogP contribution in [-0.4, -0.2) is 47.2 Å². The van der Waals surface area contributed by atoms with E-state index in [9.17, 15) is 14.9 Å². The van der Waals surface area contributed by atoms with E-state index in [1.807, 2.05) is 19.9 Å². The molecule has 0 bridgehead atoms. The Kier molecular flexibility index (Phi) is 5.38. The number of pyridine rings is 1. The first kappa shape index (κ1) is 20.5. The highest BCUT2D eigenvalue weighted by Gasteiger charge is 2.32. The molecule has 3 aromatic rings. The molecule has 0 radical (unpaired) electrons. The Labute approximate surface area is 179 Å². The number of nitrogens with one attached hydrogen (secondary N) is 4. The summed E-state index contributed by atoms with van der Waals surface area (Å²) in [4.78, 5) is 32.2. The highest BCUT2D eigenvalue weighted by Crippen LogP contribution is 2.32. The van der Waals surface area contributed by atoms with Crippen LogP contribution in [0.2, 0.25) is 0 Å². The minimum atomic E-state index is -0.466. The molecule has 0 atom stereocenters. The number of amides is 2. The van der Waals surface area contributed by atoms with Crippen molar-refractivity contribution in [2.45, 2.75) is 44.8 Å². The Morgan fingerprint density at radius 3 is 2.68 bits per heavy atom. The van der Waals surface area contributed by atoms with Crippen LogP contribution in [0, 0.1) is 11.3 Å². The number of fused-ring (bicyclic) bond motifs is 3. The Balaban J connectivity index is 1.62. The molecule has 1 fully saturated rings. The Morgan fingerprint density at radius 2 is 2.00 bits per heavy atom. The highest BCUT2D eigenvalue weighted by molar-refractivity contribution is 6.14. The molecule has 2 heterocycles. The minimum absolute atomic E-state index is 0.00495. The van der Waals surface area contributed by atoms with Crippen molar-refractivity contribution in [1.29, 1.82) is 5.26 Å². The number of H-pyrrole nitrogens is 1. The monoisotopic (exact) mass is 420 g/mol. The van der Waals surface area contributed by atoms with Crippen molar-refractivity contribution < 1.29 is 14.3 Å². The van der Waals surface area contributed by atoms with Crippen molar-refractivity contribution in [3.8, 4) is 6.07 Å². The van der Waals surface area contributed by atoms with Crippen LogP contribution in [0.4, 0.5) is 10.5 Å². The standard InChI is InChI=1S/C22H24N6O3/c1-11(2)25-19-16(21(29)26-13-7-14(8-13)27-22(30)31-3)10-24-18-15-5-4-12(9-23)6-17(15)28-20(18)19/h4-6,10-11,13-14,28H,7-8H2,1-3H3,(H,24,25)(H,26,29)(H,27,30). The van der Waals surface area contributed by atoms with Crippen molar-refractivity contribution in [3.63, 3.8) is 0 Å². The van der Waals surface area contributed by atoms with Gasteiger partial charge in [0.05, 0.1) is 41.0 Å². The zero-order chi connectivity index (χ0) is 22.1. The number of aromatic amines is 1. The molecule has 160 valence electrons. The first-order valence-electron chi connectivity index (χ1n) is 10.2. The predicted octanol–water partition coefficient (Wildman–Crippen LogP) is 3.02. The second-order valence-electron chi connectivity index (χ2n) is 8.04. The lowest BCUT2D eigenvalue weighted by atomic mass is 9.86. The zero-order valence-electron chi connectivity index (χ0n) is 17.6. The number of nitrogens with zero attached hydrogens (tertiary/aromatic N) is 2. The maximum atomic E-state index is 13.0. The lowest BCUT2D eigenvalue weighted by Crippen LogP contribution is -2.53. The first-order valence-corrected chi connectivity index (χ1v) is 10.2. The third-order valence-electron chi connectivity index (χ3n) is 5.40. The van der Waals surface area contributed by atoms with Gasteiger partial charge in [-0.25, -0.2) is 4.79 Å². The summed E-state index contributed by atoms with van der Waals surface area (Å²) in [5, 5.41) is 19.2. The summed E-state index contributed by atoms with van der Waals surface area (Å²) in [5.41, 5.74) is 3.93. The summed E-state index contributed by atoms with van der Waals surface area (Å²) >= 11 is 0. The maximum Gasteiger partial charge on any atom is 0.407 e. The van der Waals surface area contributed by atoms with Gasteiger partial charge in [-0.1, -0.05) is 0 Å². The number of hydrogen-bond acceptors (Lipinski definition) is 6. The van der Waals surface area contributed by atoms with E-state index >= 15 is 0 Å². The summed E-state index contributed by atoms with van der Waals surface area (Å²) in [5.74, 6) is -0.226. The molecule has 1 aliphatic rings. The molecular weight excluding hydrogens is 396 g/mol. The van der Waals surface area contributed by atoms with Gasteiger partial charge in [-0.2, -0.15) is 5.26 Å². The van der Waals surface area contributed by atoms with Gasteiger partial charge in [0.1, 0.15) is 0 Å². The van der Waals surface area contributed by atoms with Gasteiger partial charge in [-0.05, 0) is 44.9 Å². The SMILES string of the molecule is COC(=O)NC1CC(NC(=O)c2cnc3c([nH]c4cc(C#N)ccc43)c2NC(C)C)C1. The van der Waals surface area contributed by atoms with Crippen molar-refractivity contribution in [1.82, 2.24) is 20.6 Å². The second-order valence-corrected chi connectivity index (χ2v) is 8.04. The molecule has 0 saturated heterocycles. The van der Waals surface area contributed by atoms with E-state index in [1.54, 1.807) is 18.3 Å². The molecule has 4 rings (SSSR count). The van der Waals surface area contributed by atoms with Crippen LogP contribution in [0.5, 0.6) is 0 Å². The van der Waals surface area contributed by atoms with Crippen molar-refractivity contribution >= 4 is 39.6 Å². The lowest BCUT2D eigenvalue weighted by Gasteiger charge is -2.35. The van der Waals surface area contributed by atoms with E-state index in [2.05, 4.69) is 36.7 Å². The number of nitriles is 1. The normalized spacial score (nSPS) is 17.8. The van der Waals surface area contributed by atoms with Crippen LogP contribution in [0.15, 0.2) is 24.4 Å². The van der Waals surface area contributed by atoms with Crippen molar-refractivity contribution in [3.05, 3.63) is 35.5 Å². The molecule has 4 N–H and O–H groups in total. The molecule has 9 heteroatoms. The number of benzene rings is 1. The maximum absolute atomic E-state index is 13.0. The van der Waals surface area contributed by atoms with Crippen LogP contribution >= 0.6 is 0 Å². The van der Waals surface area contributed by atoms with Crippen LogP contribution in [0.25, 0.3) is 21.9 Å². The number of hydrogen-bond donors (Lipinski definition) is 4. The Bertz CT molecular complexity index is 1200. The topological polar surface area (TPSA) is 132 Å². The van der Waals surface area contributed by atoms with Gasteiger partial charge in [-0.3, -0.25) is 9.78 Å². The van der Waals surface area contributed by atoms with E-state index in [0.717, 1.165) is 21.9 Å². The number of methoxy groups -OCH3 is 1. The summed E-state index contributed by atoms with van der Waals surface area (Å²) in [6.07, 6.45) is 2.40. The molecule has 0 unspecified atom stereocenters. The van der Waals surface area contributed by atoms with E-state index < -0.39 is 6.09 Å². The van der Waals surface area contributed by atoms with Gasteiger partial charge in [0.15, 0.2) is 0 Å². The average molecular weight is 420 g/mol. The van der Waals surface area contributed by atoms with Crippen molar-refractivity contribution in [2.24, 2.45) is 0 Å². The number of ether oxygens (including phenoxy) is 1. The van der Waals surface area contributed by atoms with Crippen LogP contribution in [-0.2, 0) is 4.74 Å². The summed E-state index contributed by atoms with van der Waals surface area (Å²) in [6.45, 7) is 4.00. The van der Waals surface area contributed by atoms with Crippen molar-refractivity contribution in [2.75, 3.05) is 12.4 Å². The molecule has 9 nitrogen and oxygen atoms in total. The Morgan fingerprint density at radius 1 is 1.26 bits per heavy atom. The molecule has 0 aliphatic heterocycles. The smallest absolute Gasteiger partial charge is 0.407 e. The predicted molar refractivity (Wildman–Crippen MR) is 117 cm³/mol. The fourth-order valence-corrected chi connectivity index (χ4v) is 3.85. The molecule has 1 aromatic carbocycles. The van der Waals surface area contributed by atoms with Crippen LogP contribution in [0.3, 0.4) is 0 Å². The minimum Gasteiger partial charge on any atom is -0.453 e. The lowest BCUT2D eigenvalue weighted by molar-refractivity contribution is 0.0901. The number of carbonyl (C=O) groups is 2. The average Bonchev–Trinajstić information content (AvgIpc) is 3.09. The van der Waals surface area contributed by atoms with Gasteiger partial charge in [0.25, 0.3) is 5.91 Å². The molecule has 2 amide bonds. The number of anilines is 1. The molecular formula is C22H24N6O3. The molecule has 0 spiro atoms. The fourth-order valence-electron chi connectivity index (χ4n) is 3.85. The number of carbonyl (C=O) groups excluding carboxylic acids is 2. The van der Waals surface area contributed by atoms with E-state index in [-0.39, 0.29) is 24.0 Å². The molecule has 1 saturated carbocycles. The first-order chi connectivity index (χ1) is 14.9. The zero-order valence-corrected chi connectivity index (χ0v) is 17.6. The van der Waals surface area contributed by atoms with Gasteiger partial charge < -0.3 is 25.7 Å². The summed E-state index contributed by atoms with van der Waals surface area (Å²) < 4.78 is 4.60. The third kappa shape index (κ3) is 3.97. The van der Waals surface area contributed by atoms with Crippen LogP contribution in [0.1, 0.15) is 42.6 Å². The second kappa shape index (κ2) is 8.14. The van der Waals surface area contributed by atoms with E-state index in [0.29, 0.717) is 29.7 Å². The quantitative estimate of drug-likeness (QED) is 0.502. The molecule has 31 heavy (non-hydrogen) atoms. The largest absolute Gasteiger partial charge is 0.453 e. The van der Waals surface area contributed by atoms with Gasteiger partial charge >= 0.3 is 6.09 Å². The number of aromatic nitrogens is 2. The van der Waals surface area contributed by atoms with Crippen LogP contribution < -0.4 is 16.0 Å². The van der Waals surface area contributed by atoms with E-state index in [1.165, 1.54) is 7.11 Å². The molecule has 2 aromatic heterocycles. The fraction of sp³-hybridized carbons (Fsp3) is 0.364. The highest BCUT2D eigenvalue weighted by atomic mass is 16.5. The van der Waals surface area contributed by atoms with E-state index in [4.69, 9.17) is 0 Å². The number of alkyl carbamates (subject to hydrolysis) is 1.